The molecule has 0 amide bonds. The maximum Gasteiger partial charge on any atom is 0.128 e. The minimum Gasteiger partial charge on any atom is -0.293 e. The van der Waals surface area contributed by atoms with Crippen LogP contribution in [-0.2, 0) is 0 Å². The fourth-order valence-corrected chi connectivity index (χ4v) is 0.648. The van der Waals surface area contributed by atoms with Gasteiger partial charge in [-0.1, -0.05) is 11.6 Å². The van der Waals surface area contributed by atoms with Gasteiger partial charge in [0.05, 0.1) is 6.54 Å². The van der Waals surface area contributed by atoms with Crippen LogP contribution in [0.5, 0.6) is 0 Å². The van der Waals surface area contributed by atoms with Crippen molar-refractivity contribution >= 4 is 16.8 Å². The molecule has 1 heterocycles. The summed E-state index contributed by atoms with van der Waals surface area (Å²) in [4.78, 5) is 0. The Morgan fingerprint density at radius 1 is 2.00 bits per heavy atom. The molecule has 3 heteroatoms. The number of halogens is 1. The molecular formula is C4H6ClN2. The van der Waals surface area contributed by atoms with Crippen molar-refractivity contribution in [3.63, 3.8) is 0 Å². The molecule has 0 saturated carbocycles. The lowest BCUT2D eigenvalue weighted by Crippen LogP contribution is -1.98. The van der Waals surface area contributed by atoms with E-state index in [9.17, 15) is 0 Å². The zero-order valence-corrected chi connectivity index (χ0v) is 4.81. The first kappa shape index (κ1) is 4.91. The molecule has 0 unspecified atom stereocenters. The summed E-state index contributed by atoms with van der Waals surface area (Å²) in [7, 11) is 1.86. The molecule has 0 atom stereocenters. The first-order chi connectivity index (χ1) is 3.29. The van der Waals surface area contributed by atoms with Crippen LogP contribution in [0.3, 0.4) is 0 Å². The fraction of sp³-hybridized carbons (Fsp3) is 0.500. The van der Waals surface area contributed by atoms with Crippen molar-refractivity contribution in [2.24, 2.45) is 5.10 Å². The van der Waals surface area contributed by atoms with Crippen molar-refractivity contribution in [1.82, 2.24) is 5.01 Å². The third-order valence-electron chi connectivity index (χ3n) is 0.790. The molecule has 0 N–H and O–H groups in total. The second-order valence-corrected chi connectivity index (χ2v) is 1.87. The Kier molecular flexibility index (Phi) is 1.19. The standard InChI is InChI=1S/C4H6ClN2/c1-7-3-2-4(5)6-7/h3H,2H2,1H3. The predicted octanol–water partition coefficient (Wildman–Crippen LogP) is 1.04. The summed E-state index contributed by atoms with van der Waals surface area (Å²) in [5.41, 5.74) is 0. The Hall–Kier alpha value is -0.240. The van der Waals surface area contributed by atoms with Gasteiger partial charge in [0, 0.05) is 13.5 Å². The lowest BCUT2D eigenvalue weighted by Gasteiger charge is -1.99. The van der Waals surface area contributed by atoms with Crippen molar-refractivity contribution in [3.05, 3.63) is 6.54 Å². The highest BCUT2D eigenvalue weighted by Gasteiger charge is 2.06. The monoisotopic (exact) mass is 117 g/mol. The molecule has 0 aromatic heterocycles. The Morgan fingerprint density at radius 3 is 2.86 bits per heavy atom. The second kappa shape index (κ2) is 1.70. The third kappa shape index (κ3) is 1.06. The lowest BCUT2D eigenvalue weighted by atomic mass is 10.5. The van der Waals surface area contributed by atoms with Gasteiger partial charge in [0.25, 0.3) is 0 Å². The first-order valence-corrected chi connectivity index (χ1v) is 2.46. The summed E-state index contributed by atoms with van der Waals surface area (Å²) in [5.74, 6) is 0. The molecule has 1 aliphatic rings. The Bertz CT molecular complexity index is 99.9. The molecule has 0 spiro atoms. The molecule has 0 aromatic carbocycles. The van der Waals surface area contributed by atoms with Crippen molar-refractivity contribution in [1.29, 1.82) is 0 Å². The molecule has 1 aliphatic heterocycles. The number of hydrogen-bond acceptors (Lipinski definition) is 2. The normalized spacial score (nSPS) is 20.3. The number of hydrogen-bond donors (Lipinski definition) is 0. The predicted molar refractivity (Wildman–Crippen MR) is 30.0 cm³/mol. The summed E-state index contributed by atoms with van der Waals surface area (Å²) in [5, 5.41) is 6.23. The minimum absolute atomic E-state index is 0.669. The van der Waals surface area contributed by atoms with Crippen LogP contribution < -0.4 is 0 Å². The lowest BCUT2D eigenvalue weighted by molar-refractivity contribution is 0.456. The van der Waals surface area contributed by atoms with Gasteiger partial charge >= 0.3 is 0 Å². The number of rotatable bonds is 0. The summed E-state index contributed by atoms with van der Waals surface area (Å²) in [6, 6.07) is 0. The SMILES string of the molecule is CN1[CH]CC(Cl)=N1. The van der Waals surface area contributed by atoms with E-state index in [2.05, 4.69) is 5.10 Å². The van der Waals surface area contributed by atoms with E-state index in [4.69, 9.17) is 11.6 Å². The molecule has 1 rings (SSSR count). The zero-order chi connectivity index (χ0) is 5.28. The third-order valence-corrected chi connectivity index (χ3v) is 1.02. The van der Waals surface area contributed by atoms with Crippen LogP contribution in [0.15, 0.2) is 5.10 Å². The summed E-state index contributed by atoms with van der Waals surface area (Å²) in [6.45, 7) is 1.92. The van der Waals surface area contributed by atoms with Gasteiger partial charge < -0.3 is 0 Å². The van der Waals surface area contributed by atoms with Crippen LogP contribution >= 0.6 is 11.6 Å². The second-order valence-electron chi connectivity index (χ2n) is 1.44. The van der Waals surface area contributed by atoms with E-state index in [0.717, 1.165) is 6.42 Å². The summed E-state index contributed by atoms with van der Waals surface area (Å²) < 4.78 is 0. The molecule has 39 valence electrons. The maximum absolute atomic E-state index is 5.48. The molecule has 0 bridgehead atoms. The smallest absolute Gasteiger partial charge is 0.128 e. The van der Waals surface area contributed by atoms with Gasteiger partial charge in [0.2, 0.25) is 0 Å². The largest absolute Gasteiger partial charge is 0.293 e. The Balaban J connectivity index is 2.50. The molecule has 0 saturated heterocycles. The van der Waals surface area contributed by atoms with E-state index in [1.807, 2.05) is 13.6 Å². The first-order valence-electron chi connectivity index (χ1n) is 2.08. The van der Waals surface area contributed by atoms with E-state index in [0.29, 0.717) is 5.17 Å². The summed E-state index contributed by atoms with van der Waals surface area (Å²) >= 11 is 5.48. The van der Waals surface area contributed by atoms with E-state index >= 15 is 0 Å². The Morgan fingerprint density at radius 2 is 2.71 bits per heavy atom. The van der Waals surface area contributed by atoms with Crippen LogP contribution in [0.2, 0.25) is 0 Å². The molecule has 0 aliphatic carbocycles. The van der Waals surface area contributed by atoms with Crippen molar-refractivity contribution < 1.29 is 0 Å². The highest BCUT2D eigenvalue weighted by molar-refractivity contribution is 6.65. The average molecular weight is 118 g/mol. The molecule has 1 radical (unpaired) electrons. The van der Waals surface area contributed by atoms with Crippen LogP contribution in [0.1, 0.15) is 6.42 Å². The topological polar surface area (TPSA) is 15.6 Å². The van der Waals surface area contributed by atoms with Crippen molar-refractivity contribution in [3.8, 4) is 0 Å². The number of nitrogens with zero attached hydrogens (tertiary/aromatic N) is 2. The molecule has 7 heavy (non-hydrogen) atoms. The number of hydrazone groups is 1. The maximum atomic E-state index is 5.48. The van der Waals surface area contributed by atoms with Gasteiger partial charge in [-0.05, 0) is 0 Å². The Labute approximate surface area is 47.8 Å². The molecule has 0 fully saturated rings. The van der Waals surface area contributed by atoms with E-state index < -0.39 is 0 Å². The van der Waals surface area contributed by atoms with Gasteiger partial charge in [-0.15, -0.1) is 0 Å². The quantitative estimate of drug-likeness (QED) is 0.463. The van der Waals surface area contributed by atoms with Crippen molar-refractivity contribution in [2.45, 2.75) is 6.42 Å². The van der Waals surface area contributed by atoms with Gasteiger partial charge in [0.15, 0.2) is 0 Å². The van der Waals surface area contributed by atoms with Crippen LogP contribution in [0.25, 0.3) is 0 Å². The van der Waals surface area contributed by atoms with Gasteiger partial charge in [-0.2, -0.15) is 5.10 Å². The minimum atomic E-state index is 0.669. The van der Waals surface area contributed by atoms with Gasteiger partial charge in [-0.3, -0.25) is 5.01 Å². The highest BCUT2D eigenvalue weighted by atomic mass is 35.5. The van der Waals surface area contributed by atoms with Crippen molar-refractivity contribution in [2.75, 3.05) is 7.05 Å². The van der Waals surface area contributed by atoms with Gasteiger partial charge in [-0.25, -0.2) is 0 Å². The fourth-order valence-electron chi connectivity index (χ4n) is 0.460. The van der Waals surface area contributed by atoms with Gasteiger partial charge in [0.1, 0.15) is 5.17 Å². The molecule has 0 aromatic rings. The average Bonchev–Trinajstić information content (AvgIpc) is 1.87. The van der Waals surface area contributed by atoms with E-state index in [-0.39, 0.29) is 0 Å². The van der Waals surface area contributed by atoms with Crippen LogP contribution in [0.4, 0.5) is 0 Å². The van der Waals surface area contributed by atoms with Crippen LogP contribution in [-0.4, -0.2) is 17.2 Å². The zero-order valence-electron chi connectivity index (χ0n) is 4.06. The van der Waals surface area contributed by atoms with E-state index in [1.165, 1.54) is 0 Å². The van der Waals surface area contributed by atoms with E-state index in [1.54, 1.807) is 5.01 Å². The summed E-state index contributed by atoms with van der Waals surface area (Å²) in [6.07, 6.45) is 0.790. The van der Waals surface area contributed by atoms with Crippen LogP contribution in [0, 0.1) is 6.54 Å². The molecule has 2 nitrogen and oxygen atoms in total. The highest BCUT2D eigenvalue weighted by Crippen LogP contribution is 2.08. The molecular weight excluding hydrogens is 112 g/mol.